The lowest BCUT2D eigenvalue weighted by Crippen LogP contribution is -2.08. The molecule has 2 rings (SSSR count). The van der Waals surface area contributed by atoms with Crippen LogP contribution in [0, 0.1) is 0 Å². The fraction of sp³-hybridized carbons (Fsp3) is 0.235. The van der Waals surface area contributed by atoms with Crippen LogP contribution in [0.2, 0.25) is 0 Å². The quantitative estimate of drug-likeness (QED) is 0.676. The molecule has 0 aliphatic carbocycles. The van der Waals surface area contributed by atoms with E-state index in [9.17, 15) is 4.79 Å². The molecule has 2 aromatic rings. The second kappa shape index (κ2) is 6.31. The minimum Gasteiger partial charge on any atom is -0.495 e. The molecule has 0 spiro atoms. The normalized spacial score (nSPS) is 10.5. The predicted octanol–water partition coefficient (Wildman–Crippen LogP) is 3.30. The summed E-state index contributed by atoms with van der Waals surface area (Å²) in [5.41, 5.74) is 7.31. The molecule has 0 radical (unpaired) electrons. The number of methoxy groups -OCH3 is 1. The highest BCUT2D eigenvalue weighted by atomic mass is 16.5. The molecule has 0 aromatic heterocycles. The van der Waals surface area contributed by atoms with Gasteiger partial charge in [-0.25, -0.2) is 0 Å². The van der Waals surface area contributed by atoms with Gasteiger partial charge in [0.25, 0.3) is 0 Å². The second-order valence-electron chi connectivity index (χ2n) is 4.94. The van der Waals surface area contributed by atoms with Crippen molar-refractivity contribution >= 4 is 11.5 Å². The van der Waals surface area contributed by atoms with Crippen molar-refractivity contribution in [2.75, 3.05) is 12.8 Å². The van der Waals surface area contributed by atoms with Crippen molar-refractivity contribution in [3.63, 3.8) is 0 Å². The number of hydrogen-bond donors (Lipinski definition) is 1. The second-order valence-corrected chi connectivity index (χ2v) is 4.94. The Balaban J connectivity index is 2.28. The standard InChI is InChI=1S/C17H19NO3/c1-11(2)21-13-9-7-12(8-10-13)17(19)14-5-4-6-15(20-3)16(14)18/h4-11H,18H2,1-3H3. The van der Waals surface area contributed by atoms with Gasteiger partial charge in [0, 0.05) is 11.1 Å². The molecule has 4 nitrogen and oxygen atoms in total. The number of rotatable bonds is 5. The van der Waals surface area contributed by atoms with Crippen LogP contribution in [0.25, 0.3) is 0 Å². The van der Waals surface area contributed by atoms with Gasteiger partial charge in [0.15, 0.2) is 5.78 Å². The highest BCUT2D eigenvalue weighted by molar-refractivity contribution is 6.12. The monoisotopic (exact) mass is 285 g/mol. The molecule has 0 saturated carbocycles. The van der Waals surface area contributed by atoms with Crippen LogP contribution in [0.3, 0.4) is 0 Å². The third kappa shape index (κ3) is 3.34. The number of nitrogen functional groups attached to an aromatic ring is 1. The SMILES string of the molecule is COc1cccc(C(=O)c2ccc(OC(C)C)cc2)c1N. The van der Waals surface area contributed by atoms with E-state index in [-0.39, 0.29) is 11.9 Å². The topological polar surface area (TPSA) is 61.5 Å². The molecule has 2 N–H and O–H groups in total. The predicted molar refractivity (Wildman–Crippen MR) is 83.0 cm³/mol. The fourth-order valence-electron chi connectivity index (χ4n) is 2.03. The van der Waals surface area contributed by atoms with Crippen LogP contribution in [0.4, 0.5) is 5.69 Å². The Morgan fingerprint density at radius 1 is 1.10 bits per heavy atom. The van der Waals surface area contributed by atoms with Crippen LogP contribution >= 0.6 is 0 Å². The van der Waals surface area contributed by atoms with Crippen molar-refractivity contribution in [2.24, 2.45) is 0 Å². The van der Waals surface area contributed by atoms with E-state index in [2.05, 4.69) is 0 Å². The Morgan fingerprint density at radius 3 is 2.33 bits per heavy atom. The summed E-state index contributed by atoms with van der Waals surface area (Å²) < 4.78 is 10.7. The number of hydrogen-bond acceptors (Lipinski definition) is 4. The third-order valence-corrected chi connectivity index (χ3v) is 3.02. The lowest BCUT2D eigenvalue weighted by Gasteiger charge is -2.11. The van der Waals surface area contributed by atoms with Gasteiger partial charge in [-0.15, -0.1) is 0 Å². The summed E-state index contributed by atoms with van der Waals surface area (Å²) in [5, 5.41) is 0. The zero-order valence-corrected chi connectivity index (χ0v) is 12.4. The van der Waals surface area contributed by atoms with Gasteiger partial charge in [-0.3, -0.25) is 4.79 Å². The molecule has 0 heterocycles. The van der Waals surface area contributed by atoms with E-state index in [1.165, 1.54) is 7.11 Å². The van der Waals surface area contributed by atoms with Gasteiger partial charge in [-0.05, 0) is 50.2 Å². The first-order valence-electron chi connectivity index (χ1n) is 6.77. The average Bonchev–Trinajstić information content (AvgIpc) is 2.47. The molecule has 4 heteroatoms. The number of para-hydroxylation sites is 1. The Morgan fingerprint density at radius 2 is 1.76 bits per heavy atom. The molecule has 0 bridgehead atoms. The Labute approximate surface area is 124 Å². The van der Waals surface area contributed by atoms with E-state index in [0.29, 0.717) is 22.6 Å². The Bertz CT molecular complexity index is 633. The Hall–Kier alpha value is -2.49. The first-order chi connectivity index (χ1) is 10.0. The van der Waals surface area contributed by atoms with Gasteiger partial charge in [0.1, 0.15) is 11.5 Å². The van der Waals surface area contributed by atoms with E-state index in [1.807, 2.05) is 13.8 Å². The first-order valence-corrected chi connectivity index (χ1v) is 6.77. The van der Waals surface area contributed by atoms with Crippen molar-refractivity contribution < 1.29 is 14.3 Å². The van der Waals surface area contributed by atoms with E-state index >= 15 is 0 Å². The van der Waals surface area contributed by atoms with Crippen LogP contribution in [0.1, 0.15) is 29.8 Å². The van der Waals surface area contributed by atoms with Crippen molar-refractivity contribution in [3.05, 3.63) is 53.6 Å². The molecule has 2 aromatic carbocycles. The van der Waals surface area contributed by atoms with Gasteiger partial charge in [0.2, 0.25) is 0 Å². The zero-order valence-electron chi connectivity index (χ0n) is 12.4. The summed E-state index contributed by atoms with van der Waals surface area (Å²) in [4.78, 5) is 12.5. The van der Waals surface area contributed by atoms with E-state index < -0.39 is 0 Å². The van der Waals surface area contributed by atoms with Crippen molar-refractivity contribution in [3.8, 4) is 11.5 Å². The maximum atomic E-state index is 12.5. The largest absolute Gasteiger partial charge is 0.495 e. The van der Waals surface area contributed by atoms with Gasteiger partial charge >= 0.3 is 0 Å². The highest BCUT2D eigenvalue weighted by Gasteiger charge is 2.15. The molecule has 0 aliphatic rings. The molecule has 0 fully saturated rings. The summed E-state index contributed by atoms with van der Waals surface area (Å²) in [6.07, 6.45) is 0.0978. The summed E-state index contributed by atoms with van der Waals surface area (Å²) in [6.45, 7) is 3.91. The highest BCUT2D eigenvalue weighted by Crippen LogP contribution is 2.27. The van der Waals surface area contributed by atoms with Crippen LogP contribution in [-0.2, 0) is 0 Å². The molecule has 110 valence electrons. The molecular weight excluding hydrogens is 266 g/mol. The summed E-state index contributed by atoms with van der Waals surface area (Å²) in [7, 11) is 1.53. The number of nitrogens with two attached hydrogens (primary N) is 1. The third-order valence-electron chi connectivity index (χ3n) is 3.02. The molecule has 0 amide bonds. The van der Waals surface area contributed by atoms with E-state index in [1.54, 1.807) is 42.5 Å². The molecule has 0 unspecified atom stereocenters. The Kier molecular flexibility index (Phi) is 4.48. The van der Waals surface area contributed by atoms with E-state index in [4.69, 9.17) is 15.2 Å². The number of ketones is 1. The molecular formula is C17H19NO3. The number of carbonyl (C=O) groups excluding carboxylic acids is 1. The molecule has 21 heavy (non-hydrogen) atoms. The van der Waals surface area contributed by atoms with Gasteiger partial charge in [-0.1, -0.05) is 6.07 Å². The molecule has 0 atom stereocenters. The number of carbonyl (C=O) groups is 1. The lowest BCUT2D eigenvalue weighted by atomic mass is 10.0. The zero-order chi connectivity index (χ0) is 15.4. The van der Waals surface area contributed by atoms with Crippen LogP contribution in [0.15, 0.2) is 42.5 Å². The maximum absolute atomic E-state index is 12.5. The first kappa shape index (κ1) is 14.9. The van der Waals surface area contributed by atoms with Crippen LogP contribution in [-0.4, -0.2) is 19.0 Å². The van der Waals surface area contributed by atoms with Crippen LogP contribution < -0.4 is 15.2 Å². The maximum Gasteiger partial charge on any atom is 0.195 e. The number of ether oxygens (including phenoxy) is 2. The molecule has 0 saturated heterocycles. The fourth-order valence-corrected chi connectivity index (χ4v) is 2.03. The number of anilines is 1. The summed E-state index contributed by atoms with van der Waals surface area (Å²) in [6, 6.07) is 12.2. The van der Waals surface area contributed by atoms with Gasteiger partial charge < -0.3 is 15.2 Å². The lowest BCUT2D eigenvalue weighted by molar-refractivity contribution is 0.103. The van der Waals surface area contributed by atoms with Gasteiger partial charge in [-0.2, -0.15) is 0 Å². The van der Waals surface area contributed by atoms with E-state index in [0.717, 1.165) is 5.75 Å². The average molecular weight is 285 g/mol. The smallest absolute Gasteiger partial charge is 0.195 e. The number of benzene rings is 2. The van der Waals surface area contributed by atoms with Crippen molar-refractivity contribution in [2.45, 2.75) is 20.0 Å². The van der Waals surface area contributed by atoms with Crippen molar-refractivity contribution in [1.82, 2.24) is 0 Å². The summed E-state index contributed by atoms with van der Waals surface area (Å²) in [5.74, 6) is 1.10. The summed E-state index contributed by atoms with van der Waals surface area (Å²) >= 11 is 0. The minimum atomic E-state index is -0.137. The van der Waals surface area contributed by atoms with Crippen molar-refractivity contribution in [1.29, 1.82) is 0 Å². The van der Waals surface area contributed by atoms with Gasteiger partial charge in [0.05, 0.1) is 18.9 Å². The minimum absolute atomic E-state index is 0.0978. The molecule has 0 aliphatic heterocycles. The van der Waals surface area contributed by atoms with Crippen LogP contribution in [0.5, 0.6) is 11.5 Å².